The van der Waals surface area contributed by atoms with Crippen LogP contribution in [0.5, 0.6) is 0 Å². The van der Waals surface area contributed by atoms with Crippen molar-refractivity contribution in [3.8, 4) is 0 Å². The van der Waals surface area contributed by atoms with Gasteiger partial charge in [0.25, 0.3) is 0 Å². The van der Waals surface area contributed by atoms with Gasteiger partial charge in [-0.25, -0.2) is 9.78 Å². The minimum atomic E-state index is -1.00. The molecule has 6 heteroatoms. The molecular weight excluding hydrogens is 210 g/mol. The van der Waals surface area contributed by atoms with E-state index in [2.05, 4.69) is 10.3 Å². The summed E-state index contributed by atoms with van der Waals surface area (Å²) in [5.41, 5.74) is 0. The van der Waals surface area contributed by atoms with Crippen molar-refractivity contribution in [1.29, 1.82) is 0 Å². The Balaban J connectivity index is 2.33. The molecule has 88 valence electrons. The molecular formula is C10H15N3O3. The molecule has 0 aliphatic carbocycles. The van der Waals surface area contributed by atoms with Crippen molar-refractivity contribution in [1.82, 2.24) is 14.9 Å². The van der Waals surface area contributed by atoms with E-state index < -0.39 is 12.0 Å². The van der Waals surface area contributed by atoms with Crippen LogP contribution in [0, 0.1) is 0 Å². The summed E-state index contributed by atoms with van der Waals surface area (Å²) in [6, 6.07) is -0.796. The molecule has 6 nitrogen and oxygen atoms in total. The van der Waals surface area contributed by atoms with E-state index >= 15 is 0 Å². The van der Waals surface area contributed by atoms with E-state index in [9.17, 15) is 9.59 Å². The highest BCUT2D eigenvalue weighted by atomic mass is 16.4. The number of carboxylic acid groups (broad SMARTS) is 1. The molecule has 0 saturated carbocycles. The number of amides is 1. The van der Waals surface area contributed by atoms with E-state index in [1.807, 2.05) is 0 Å². The third-order valence-electron chi connectivity index (χ3n) is 2.20. The fourth-order valence-electron chi connectivity index (χ4n) is 1.25. The summed E-state index contributed by atoms with van der Waals surface area (Å²) in [5.74, 6) is -1.26. The number of hydrogen-bond donors (Lipinski definition) is 2. The molecule has 0 unspecified atom stereocenters. The molecule has 0 spiro atoms. The van der Waals surface area contributed by atoms with Crippen LogP contribution in [0.3, 0.4) is 0 Å². The van der Waals surface area contributed by atoms with Gasteiger partial charge in [0.2, 0.25) is 5.91 Å². The molecule has 16 heavy (non-hydrogen) atoms. The zero-order valence-electron chi connectivity index (χ0n) is 9.09. The molecule has 1 aromatic rings. The number of carboxylic acids is 1. The Kier molecular flexibility index (Phi) is 4.50. The molecule has 1 amide bonds. The zero-order chi connectivity index (χ0) is 12.0. The quantitative estimate of drug-likeness (QED) is 0.727. The molecule has 2 N–H and O–H groups in total. The Bertz CT molecular complexity index is 348. The summed E-state index contributed by atoms with van der Waals surface area (Å²) in [7, 11) is 0. The van der Waals surface area contributed by atoms with Crippen molar-refractivity contribution >= 4 is 11.9 Å². The fourth-order valence-corrected chi connectivity index (χ4v) is 1.25. The van der Waals surface area contributed by atoms with Gasteiger partial charge in [-0.15, -0.1) is 0 Å². The summed E-state index contributed by atoms with van der Waals surface area (Å²) < 4.78 is 1.77. The van der Waals surface area contributed by atoms with E-state index in [1.165, 1.54) is 0 Å². The number of aromatic nitrogens is 2. The largest absolute Gasteiger partial charge is 0.480 e. The van der Waals surface area contributed by atoms with Crippen molar-refractivity contribution in [2.24, 2.45) is 0 Å². The molecule has 1 rings (SSSR count). The van der Waals surface area contributed by atoms with Crippen LogP contribution in [-0.4, -0.2) is 32.6 Å². The number of aryl methyl sites for hydroxylation is 1. The lowest BCUT2D eigenvalue weighted by molar-refractivity contribution is -0.141. The van der Waals surface area contributed by atoms with Gasteiger partial charge in [-0.1, -0.05) is 6.92 Å². The maximum atomic E-state index is 11.4. The monoisotopic (exact) mass is 225 g/mol. The molecule has 0 fully saturated rings. The lowest BCUT2D eigenvalue weighted by Gasteiger charge is -2.12. The molecule has 0 aliphatic rings. The van der Waals surface area contributed by atoms with Crippen LogP contribution in [0.1, 0.15) is 19.8 Å². The minimum absolute atomic E-state index is 0.250. The Hall–Kier alpha value is -1.85. The van der Waals surface area contributed by atoms with Crippen LogP contribution in [0.4, 0.5) is 0 Å². The number of aliphatic carboxylic acids is 1. The Morgan fingerprint density at radius 2 is 2.31 bits per heavy atom. The van der Waals surface area contributed by atoms with E-state index in [4.69, 9.17) is 5.11 Å². The van der Waals surface area contributed by atoms with Gasteiger partial charge in [0.1, 0.15) is 6.04 Å². The summed E-state index contributed by atoms with van der Waals surface area (Å²) >= 11 is 0. The van der Waals surface area contributed by atoms with Crippen LogP contribution in [-0.2, 0) is 16.1 Å². The van der Waals surface area contributed by atoms with Crippen molar-refractivity contribution < 1.29 is 14.7 Å². The summed E-state index contributed by atoms with van der Waals surface area (Å²) in [6.07, 6.45) is 5.62. The Labute approximate surface area is 93.3 Å². The predicted octanol–water partition coefficient (Wildman–Crippen LogP) is 0.253. The van der Waals surface area contributed by atoms with Crippen molar-refractivity contribution in [3.05, 3.63) is 18.7 Å². The number of rotatable bonds is 6. The number of carbonyl (C=O) groups excluding carboxylic acids is 1. The van der Waals surface area contributed by atoms with Crippen LogP contribution >= 0.6 is 0 Å². The first kappa shape index (κ1) is 12.2. The standard InChI is InChI=1S/C10H15N3O3/c1-2-8(10(15)16)12-9(14)3-5-13-6-4-11-7-13/h4,6-8H,2-3,5H2,1H3,(H,12,14)(H,15,16)/t8-/m0/s1. The van der Waals surface area contributed by atoms with Crippen LogP contribution in [0.2, 0.25) is 0 Å². The van der Waals surface area contributed by atoms with E-state index in [1.54, 1.807) is 30.2 Å². The molecule has 0 aliphatic heterocycles. The van der Waals surface area contributed by atoms with Crippen LogP contribution < -0.4 is 5.32 Å². The van der Waals surface area contributed by atoms with E-state index in [0.29, 0.717) is 13.0 Å². The van der Waals surface area contributed by atoms with Gasteiger partial charge in [0, 0.05) is 25.4 Å². The van der Waals surface area contributed by atoms with Gasteiger partial charge in [-0.3, -0.25) is 4.79 Å². The molecule has 0 saturated heterocycles. The maximum absolute atomic E-state index is 11.4. The lowest BCUT2D eigenvalue weighted by Crippen LogP contribution is -2.40. The van der Waals surface area contributed by atoms with Gasteiger partial charge < -0.3 is 15.0 Å². The summed E-state index contributed by atoms with van der Waals surface area (Å²) in [5, 5.41) is 11.2. The fraction of sp³-hybridized carbons (Fsp3) is 0.500. The number of carbonyl (C=O) groups is 2. The predicted molar refractivity (Wildman–Crippen MR) is 56.7 cm³/mol. The first-order valence-corrected chi connectivity index (χ1v) is 5.11. The van der Waals surface area contributed by atoms with E-state index in [0.717, 1.165) is 0 Å². The van der Waals surface area contributed by atoms with Crippen molar-refractivity contribution in [2.45, 2.75) is 32.4 Å². The van der Waals surface area contributed by atoms with Gasteiger partial charge in [0.05, 0.1) is 6.33 Å². The molecule has 0 radical (unpaired) electrons. The van der Waals surface area contributed by atoms with E-state index in [-0.39, 0.29) is 12.3 Å². The molecule has 0 bridgehead atoms. The molecule has 0 aromatic carbocycles. The van der Waals surface area contributed by atoms with Gasteiger partial charge >= 0.3 is 5.97 Å². The normalized spacial score (nSPS) is 12.1. The minimum Gasteiger partial charge on any atom is -0.480 e. The van der Waals surface area contributed by atoms with Gasteiger partial charge in [-0.2, -0.15) is 0 Å². The number of imidazole rings is 1. The third-order valence-corrected chi connectivity index (χ3v) is 2.20. The topological polar surface area (TPSA) is 84.2 Å². The average Bonchev–Trinajstić information content (AvgIpc) is 2.75. The second-order valence-electron chi connectivity index (χ2n) is 3.42. The first-order valence-electron chi connectivity index (χ1n) is 5.11. The Morgan fingerprint density at radius 1 is 1.56 bits per heavy atom. The maximum Gasteiger partial charge on any atom is 0.326 e. The highest BCUT2D eigenvalue weighted by Gasteiger charge is 2.16. The lowest BCUT2D eigenvalue weighted by atomic mass is 10.2. The van der Waals surface area contributed by atoms with Gasteiger partial charge in [-0.05, 0) is 6.42 Å². The molecule has 1 heterocycles. The molecule has 1 aromatic heterocycles. The number of hydrogen-bond acceptors (Lipinski definition) is 3. The third kappa shape index (κ3) is 3.72. The smallest absolute Gasteiger partial charge is 0.326 e. The van der Waals surface area contributed by atoms with Gasteiger partial charge in [0.15, 0.2) is 0 Å². The average molecular weight is 225 g/mol. The highest BCUT2D eigenvalue weighted by molar-refractivity contribution is 5.83. The second kappa shape index (κ2) is 5.89. The first-order chi connectivity index (χ1) is 7.63. The van der Waals surface area contributed by atoms with Crippen molar-refractivity contribution in [3.63, 3.8) is 0 Å². The Morgan fingerprint density at radius 3 is 2.81 bits per heavy atom. The van der Waals surface area contributed by atoms with Crippen LogP contribution in [0.15, 0.2) is 18.7 Å². The van der Waals surface area contributed by atoms with Crippen molar-refractivity contribution in [2.75, 3.05) is 0 Å². The summed E-state index contributed by atoms with van der Waals surface area (Å²) in [4.78, 5) is 25.9. The second-order valence-corrected chi connectivity index (χ2v) is 3.42. The summed E-state index contributed by atoms with van der Waals surface area (Å²) in [6.45, 7) is 2.22. The van der Waals surface area contributed by atoms with Crippen LogP contribution in [0.25, 0.3) is 0 Å². The zero-order valence-corrected chi connectivity index (χ0v) is 9.09. The number of nitrogens with zero attached hydrogens (tertiary/aromatic N) is 2. The highest BCUT2D eigenvalue weighted by Crippen LogP contribution is 1.95. The SMILES string of the molecule is CC[C@H](NC(=O)CCn1ccnc1)C(=O)O. The molecule has 1 atom stereocenters. The number of nitrogens with one attached hydrogen (secondary N) is 1.